The van der Waals surface area contributed by atoms with Crippen LogP contribution in [0, 0.1) is 11.3 Å². The summed E-state index contributed by atoms with van der Waals surface area (Å²) >= 11 is 0. The number of amides is 1. The van der Waals surface area contributed by atoms with Gasteiger partial charge in [0.25, 0.3) is 5.91 Å². The van der Waals surface area contributed by atoms with Crippen LogP contribution in [-0.4, -0.2) is 30.8 Å². The molecule has 1 amide bonds. The zero-order valence-corrected chi connectivity index (χ0v) is 16.2. The van der Waals surface area contributed by atoms with Gasteiger partial charge in [-0.25, -0.2) is 23.1 Å². The largest absolute Gasteiger partial charge is 0.319 e. The Morgan fingerprint density at radius 1 is 1.15 bits per heavy atom. The summed E-state index contributed by atoms with van der Waals surface area (Å²) in [5.41, 5.74) is 0.555. The van der Waals surface area contributed by atoms with Gasteiger partial charge in [-0.05, 0) is 24.3 Å². The number of hydrogen-bond acceptors (Lipinski definition) is 6. The Morgan fingerprint density at radius 2 is 1.74 bits per heavy atom. The molecule has 0 fully saturated rings. The Bertz CT molecular complexity index is 940. The molecule has 2 rings (SSSR count). The van der Waals surface area contributed by atoms with Gasteiger partial charge in [0.2, 0.25) is 10.0 Å². The first-order valence-corrected chi connectivity index (χ1v) is 9.72. The van der Waals surface area contributed by atoms with Gasteiger partial charge in [-0.15, -0.1) is 0 Å². The van der Waals surface area contributed by atoms with Crippen molar-refractivity contribution in [1.29, 1.82) is 5.26 Å². The Morgan fingerprint density at radius 3 is 2.26 bits per heavy atom. The molecule has 2 aromatic rings. The molecule has 0 saturated heterocycles. The molecule has 0 aliphatic rings. The van der Waals surface area contributed by atoms with E-state index in [2.05, 4.69) is 20.0 Å². The normalized spacial score (nSPS) is 11.6. The van der Waals surface area contributed by atoms with Crippen molar-refractivity contribution in [2.24, 2.45) is 0 Å². The lowest BCUT2D eigenvalue weighted by molar-refractivity contribution is 0.102. The summed E-state index contributed by atoms with van der Waals surface area (Å²) in [7, 11) is -3.71. The fraction of sp³-hybridized carbons (Fsp3) is 0.333. The van der Waals surface area contributed by atoms with Crippen molar-refractivity contribution >= 4 is 21.6 Å². The zero-order chi connectivity index (χ0) is 20.1. The molecule has 0 radical (unpaired) electrons. The fourth-order valence-corrected chi connectivity index (χ4v) is 3.13. The van der Waals surface area contributed by atoms with Crippen LogP contribution >= 0.6 is 0 Å². The highest BCUT2D eigenvalue weighted by Crippen LogP contribution is 2.18. The summed E-state index contributed by atoms with van der Waals surface area (Å²) in [5, 5.41) is 11.1. The number of aromatic nitrogens is 2. The van der Waals surface area contributed by atoms with E-state index in [1.165, 1.54) is 36.7 Å². The molecule has 1 heterocycles. The van der Waals surface area contributed by atoms with Gasteiger partial charge in [0.15, 0.2) is 0 Å². The molecule has 2 N–H and O–H groups in total. The summed E-state index contributed by atoms with van der Waals surface area (Å²) < 4.78 is 26.4. The lowest BCUT2D eigenvalue weighted by Gasteiger charge is -2.16. The number of nitrogens with one attached hydrogen (secondary N) is 2. The number of carbonyl (C=O) groups excluding carboxylic acids is 1. The first-order valence-electron chi connectivity index (χ1n) is 8.24. The molecule has 9 heteroatoms. The van der Waals surface area contributed by atoms with Gasteiger partial charge in [-0.3, -0.25) is 4.79 Å². The second-order valence-electron chi connectivity index (χ2n) is 6.83. The number of rotatable bonds is 6. The third kappa shape index (κ3) is 5.57. The molecule has 1 aromatic carbocycles. The van der Waals surface area contributed by atoms with Crippen LogP contribution in [0.25, 0.3) is 0 Å². The molecule has 1 aromatic heterocycles. The molecule has 0 saturated carbocycles. The highest BCUT2D eigenvalue weighted by Gasteiger charge is 2.17. The number of carbonyl (C=O) groups is 1. The van der Waals surface area contributed by atoms with Crippen LogP contribution in [0.15, 0.2) is 41.6 Å². The summed E-state index contributed by atoms with van der Waals surface area (Å²) in [5.74, 6) is 0.266. The van der Waals surface area contributed by atoms with Gasteiger partial charge in [0.05, 0.1) is 29.0 Å². The summed E-state index contributed by atoms with van der Waals surface area (Å²) in [6, 6.07) is 7.36. The van der Waals surface area contributed by atoms with E-state index in [1.807, 2.05) is 26.8 Å². The van der Waals surface area contributed by atoms with Crippen LogP contribution in [0.4, 0.5) is 5.69 Å². The van der Waals surface area contributed by atoms with Crippen LogP contribution < -0.4 is 10.0 Å². The summed E-state index contributed by atoms with van der Waals surface area (Å²) in [4.78, 5) is 20.8. The van der Waals surface area contributed by atoms with Crippen LogP contribution in [0.2, 0.25) is 0 Å². The third-order valence-electron chi connectivity index (χ3n) is 3.54. The molecular formula is C18H21N5O3S. The Hall–Kier alpha value is -2.83. The van der Waals surface area contributed by atoms with E-state index in [1.54, 1.807) is 0 Å². The topological polar surface area (TPSA) is 125 Å². The standard InChI is InChI=1S/C18H21N5O3S/c1-18(2,3)17-20-11-14(12-21-17)23-16(24)13-5-7-15(8-6-13)27(25,26)22-10-4-9-19/h5-8,11-12,22H,4,10H2,1-3H3,(H,23,24). The van der Waals surface area contributed by atoms with Gasteiger partial charge in [0, 0.05) is 23.9 Å². The lowest BCUT2D eigenvalue weighted by atomic mass is 9.96. The van der Waals surface area contributed by atoms with E-state index in [0.29, 0.717) is 17.1 Å². The Balaban J connectivity index is 2.06. The maximum atomic E-state index is 12.3. The number of sulfonamides is 1. The van der Waals surface area contributed by atoms with Crippen LogP contribution in [-0.2, 0) is 15.4 Å². The second kappa shape index (κ2) is 8.24. The minimum Gasteiger partial charge on any atom is -0.319 e. The van der Waals surface area contributed by atoms with Crippen molar-refractivity contribution < 1.29 is 13.2 Å². The summed E-state index contributed by atoms with van der Waals surface area (Å²) in [6.45, 7) is 6.01. The molecular weight excluding hydrogens is 366 g/mol. The molecule has 142 valence electrons. The quantitative estimate of drug-likeness (QED) is 0.732. The maximum Gasteiger partial charge on any atom is 0.255 e. The predicted molar refractivity (Wildman–Crippen MR) is 101 cm³/mol. The number of nitrogens with zero attached hydrogens (tertiary/aromatic N) is 3. The minimum atomic E-state index is -3.71. The van der Waals surface area contributed by atoms with Crippen molar-refractivity contribution in [2.45, 2.75) is 37.5 Å². The fourth-order valence-electron chi connectivity index (χ4n) is 2.09. The molecule has 8 nitrogen and oxygen atoms in total. The van der Waals surface area contributed by atoms with Crippen molar-refractivity contribution in [3.63, 3.8) is 0 Å². The van der Waals surface area contributed by atoms with Crippen LogP contribution in [0.5, 0.6) is 0 Å². The molecule has 0 spiro atoms. The third-order valence-corrected chi connectivity index (χ3v) is 5.01. The smallest absolute Gasteiger partial charge is 0.255 e. The number of hydrogen-bond donors (Lipinski definition) is 2. The van der Waals surface area contributed by atoms with E-state index in [4.69, 9.17) is 5.26 Å². The number of anilines is 1. The summed E-state index contributed by atoms with van der Waals surface area (Å²) in [6.07, 6.45) is 3.14. The van der Waals surface area contributed by atoms with Gasteiger partial charge in [-0.2, -0.15) is 5.26 Å². The number of benzene rings is 1. The van der Waals surface area contributed by atoms with E-state index in [9.17, 15) is 13.2 Å². The lowest BCUT2D eigenvalue weighted by Crippen LogP contribution is -2.24. The monoisotopic (exact) mass is 387 g/mol. The molecule has 0 bridgehead atoms. The zero-order valence-electron chi connectivity index (χ0n) is 15.4. The maximum absolute atomic E-state index is 12.3. The van der Waals surface area contributed by atoms with Crippen LogP contribution in [0.3, 0.4) is 0 Å². The van der Waals surface area contributed by atoms with Gasteiger partial charge >= 0.3 is 0 Å². The first kappa shape index (κ1) is 20.5. The molecule has 0 unspecified atom stereocenters. The van der Waals surface area contributed by atoms with E-state index < -0.39 is 15.9 Å². The highest BCUT2D eigenvalue weighted by atomic mass is 32.2. The molecule has 0 aliphatic carbocycles. The van der Waals surface area contributed by atoms with Crippen molar-refractivity contribution in [2.75, 3.05) is 11.9 Å². The highest BCUT2D eigenvalue weighted by molar-refractivity contribution is 7.89. The van der Waals surface area contributed by atoms with Crippen molar-refractivity contribution in [3.8, 4) is 6.07 Å². The molecule has 0 aliphatic heterocycles. The Kier molecular flexibility index (Phi) is 6.25. The van der Waals surface area contributed by atoms with E-state index >= 15 is 0 Å². The van der Waals surface area contributed by atoms with E-state index in [-0.39, 0.29) is 23.3 Å². The van der Waals surface area contributed by atoms with E-state index in [0.717, 1.165) is 0 Å². The van der Waals surface area contributed by atoms with Crippen molar-refractivity contribution in [1.82, 2.24) is 14.7 Å². The molecule has 27 heavy (non-hydrogen) atoms. The Labute approximate surface area is 158 Å². The molecule has 0 atom stereocenters. The van der Waals surface area contributed by atoms with Gasteiger partial charge in [0.1, 0.15) is 5.82 Å². The average molecular weight is 387 g/mol. The first-order chi connectivity index (χ1) is 12.6. The number of nitriles is 1. The van der Waals surface area contributed by atoms with Gasteiger partial charge < -0.3 is 5.32 Å². The minimum absolute atomic E-state index is 0.0230. The SMILES string of the molecule is CC(C)(C)c1ncc(NC(=O)c2ccc(S(=O)(=O)NCCC#N)cc2)cn1. The van der Waals surface area contributed by atoms with Gasteiger partial charge in [-0.1, -0.05) is 20.8 Å². The predicted octanol–water partition coefficient (Wildman–Crippen LogP) is 2.22. The second-order valence-corrected chi connectivity index (χ2v) is 8.60. The average Bonchev–Trinajstić information content (AvgIpc) is 2.61. The van der Waals surface area contributed by atoms with Crippen LogP contribution in [0.1, 0.15) is 43.4 Å². The van der Waals surface area contributed by atoms with Crippen molar-refractivity contribution in [3.05, 3.63) is 48.0 Å².